The molecule has 0 saturated heterocycles. The number of hydrogen-bond acceptors (Lipinski definition) is 5. The molecule has 0 atom stereocenters. The largest absolute Gasteiger partial charge is 0.298 e. The van der Waals surface area contributed by atoms with E-state index in [9.17, 15) is 9.59 Å². The molecule has 25 heavy (non-hydrogen) atoms. The topological polar surface area (TPSA) is 59.1 Å². The zero-order valence-corrected chi connectivity index (χ0v) is 15.4. The van der Waals surface area contributed by atoms with E-state index in [1.54, 1.807) is 23.9 Å². The first-order valence-electron chi connectivity index (χ1n) is 7.61. The lowest BCUT2D eigenvalue weighted by molar-refractivity contribution is -0.112. The first-order chi connectivity index (χ1) is 12.1. The van der Waals surface area contributed by atoms with Crippen molar-refractivity contribution < 1.29 is 9.59 Å². The minimum absolute atomic E-state index is 0.369. The number of nitrogens with zero attached hydrogens (tertiary/aromatic N) is 1. The molecule has 2 aromatic carbocycles. The van der Waals surface area contributed by atoms with Crippen LogP contribution in [0.4, 0.5) is 5.13 Å². The molecule has 0 aliphatic carbocycles. The molecule has 0 unspecified atom stereocenters. The van der Waals surface area contributed by atoms with Crippen LogP contribution in [-0.2, 0) is 4.79 Å². The zero-order valence-electron chi connectivity index (χ0n) is 13.8. The highest BCUT2D eigenvalue weighted by Gasteiger charge is 2.19. The van der Waals surface area contributed by atoms with E-state index in [4.69, 9.17) is 0 Å². The fourth-order valence-corrected chi connectivity index (χ4v) is 3.91. The number of thioether (sulfide) groups is 1. The van der Waals surface area contributed by atoms with Gasteiger partial charge >= 0.3 is 0 Å². The van der Waals surface area contributed by atoms with E-state index < -0.39 is 11.7 Å². The van der Waals surface area contributed by atoms with Crippen LogP contribution in [0.2, 0.25) is 0 Å². The highest BCUT2D eigenvalue weighted by molar-refractivity contribution is 8.00. The molecule has 0 radical (unpaired) electrons. The number of Topliss-reactive ketones (excluding diaryl/α,β-unsaturated/α-hetero) is 1. The van der Waals surface area contributed by atoms with Gasteiger partial charge in [-0.25, -0.2) is 4.98 Å². The van der Waals surface area contributed by atoms with Crippen molar-refractivity contribution in [3.8, 4) is 11.3 Å². The van der Waals surface area contributed by atoms with Gasteiger partial charge < -0.3 is 0 Å². The van der Waals surface area contributed by atoms with Gasteiger partial charge in [-0.15, -0.1) is 11.8 Å². The van der Waals surface area contributed by atoms with Crippen LogP contribution in [0.1, 0.15) is 15.9 Å². The number of hydrogen-bond donors (Lipinski definition) is 1. The second-order valence-electron chi connectivity index (χ2n) is 5.37. The molecule has 0 aliphatic rings. The summed E-state index contributed by atoms with van der Waals surface area (Å²) in [7, 11) is 0. The highest BCUT2D eigenvalue weighted by Crippen LogP contribution is 2.37. The molecular weight excluding hydrogens is 352 g/mol. The molecule has 1 heterocycles. The lowest BCUT2D eigenvalue weighted by atomic mass is 10.1. The van der Waals surface area contributed by atoms with E-state index >= 15 is 0 Å². The molecule has 0 spiro atoms. The van der Waals surface area contributed by atoms with Crippen molar-refractivity contribution in [2.24, 2.45) is 0 Å². The van der Waals surface area contributed by atoms with Crippen LogP contribution in [-0.4, -0.2) is 22.9 Å². The van der Waals surface area contributed by atoms with E-state index in [-0.39, 0.29) is 0 Å². The third kappa shape index (κ3) is 3.97. The van der Waals surface area contributed by atoms with Gasteiger partial charge in [-0.05, 0) is 13.2 Å². The van der Waals surface area contributed by atoms with Crippen LogP contribution in [0.3, 0.4) is 0 Å². The molecule has 6 heteroatoms. The maximum absolute atomic E-state index is 12.3. The summed E-state index contributed by atoms with van der Waals surface area (Å²) >= 11 is 2.93. The third-order valence-corrected chi connectivity index (χ3v) is 5.65. The number of carbonyl (C=O) groups excluding carboxylic acids is 2. The molecule has 0 fully saturated rings. The number of benzene rings is 2. The van der Waals surface area contributed by atoms with Gasteiger partial charge in [-0.2, -0.15) is 0 Å². The molecular formula is C19H16N2O2S2. The summed E-state index contributed by atoms with van der Waals surface area (Å²) in [5.41, 5.74) is 3.20. The Balaban J connectivity index is 1.81. The monoisotopic (exact) mass is 368 g/mol. The van der Waals surface area contributed by atoms with Crippen molar-refractivity contribution in [2.45, 2.75) is 11.1 Å². The number of rotatable bonds is 5. The smallest absolute Gasteiger partial charge is 0.295 e. The van der Waals surface area contributed by atoms with Gasteiger partial charge in [0.1, 0.15) is 0 Å². The Morgan fingerprint density at radius 1 is 1.04 bits per heavy atom. The molecule has 1 aromatic heterocycles. The predicted molar refractivity (Wildman–Crippen MR) is 103 cm³/mol. The Morgan fingerprint density at radius 3 is 2.36 bits per heavy atom. The number of nitrogens with one attached hydrogen (secondary N) is 1. The number of carbonyl (C=O) groups is 2. The molecule has 4 nitrogen and oxygen atoms in total. The Hall–Kier alpha value is -2.44. The number of ketones is 1. The van der Waals surface area contributed by atoms with Crippen LogP contribution in [0.5, 0.6) is 0 Å². The summed E-state index contributed by atoms with van der Waals surface area (Å²) < 4.78 is 0.990. The molecule has 0 saturated carbocycles. The highest BCUT2D eigenvalue weighted by atomic mass is 32.2. The summed E-state index contributed by atoms with van der Waals surface area (Å²) in [5.74, 6) is -1.24. The summed E-state index contributed by atoms with van der Waals surface area (Å²) in [6.45, 7) is 1.93. The maximum atomic E-state index is 12.3. The van der Waals surface area contributed by atoms with Gasteiger partial charge in [-0.3, -0.25) is 14.9 Å². The van der Waals surface area contributed by atoms with Crippen molar-refractivity contribution in [3.05, 3.63) is 65.7 Å². The molecule has 1 amide bonds. The number of thiazole rings is 1. The number of aromatic nitrogens is 1. The van der Waals surface area contributed by atoms with Crippen LogP contribution < -0.4 is 5.32 Å². The Morgan fingerprint density at radius 2 is 1.72 bits per heavy atom. The first-order valence-corrected chi connectivity index (χ1v) is 9.65. The van der Waals surface area contributed by atoms with Crippen molar-refractivity contribution >= 4 is 39.9 Å². The SMILES string of the molecule is CSc1sc(NC(=O)C(=O)c2ccc(C)cc2)nc1-c1ccccc1. The normalized spacial score (nSPS) is 10.5. The fraction of sp³-hybridized carbons (Fsp3) is 0.105. The fourth-order valence-electron chi connectivity index (χ4n) is 2.27. The minimum atomic E-state index is -0.676. The first kappa shape index (κ1) is 17.4. The van der Waals surface area contributed by atoms with Gasteiger partial charge in [0.15, 0.2) is 5.13 Å². The van der Waals surface area contributed by atoms with Gasteiger partial charge in [0, 0.05) is 11.1 Å². The molecule has 3 aromatic rings. The second-order valence-corrected chi connectivity index (χ2v) is 7.45. The molecule has 0 aliphatic heterocycles. The zero-order chi connectivity index (χ0) is 17.8. The maximum Gasteiger partial charge on any atom is 0.298 e. The van der Waals surface area contributed by atoms with E-state index in [0.717, 1.165) is 21.0 Å². The third-order valence-electron chi connectivity index (χ3n) is 3.57. The van der Waals surface area contributed by atoms with E-state index in [0.29, 0.717) is 10.7 Å². The number of aryl methyl sites for hydroxylation is 1. The van der Waals surface area contributed by atoms with Crippen LogP contribution in [0.25, 0.3) is 11.3 Å². The van der Waals surface area contributed by atoms with E-state index in [1.165, 1.54) is 11.3 Å². The molecule has 1 N–H and O–H groups in total. The summed E-state index contributed by atoms with van der Waals surface area (Å²) in [4.78, 5) is 29.0. The summed E-state index contributed by atoms with van der Waals surface area (Å²) in [5, 5.41) is 3.05. The summed E-state index contributed by atoms with van der Waals surface area (Å²) in [6, 6.07) is 16.7. The van der Waals surface area contributed by atoms with Crippen LogP contribution in [0, 0.1) is 6.92 Å². The van der Waals surface area contributed by atoms with Gasteiger partial charge in [-0.1, -0.05) is 71.5 Å². The Bertz CT molecular complexity index is 903. The van der Waals surface area contributed by atoms with Crippen LogP contribution in [0.15, 0.2) is 58.8 Å². The van der Waals surface area contributed by atoms with Gasteiger partial charge in [0.2, 0.25) is 0 Å². The minimum Gasteiger partial charge on any atom is -0.295 e. The number of anilines is 1. The van der Waals surface area contributed by atoms with Crippen LogP contribution >= 0.6 is 23.1 Å². The standard InChI is InChI=1S/C19H16N2O2S2/c1-12-8-10-14(11-9-12)16(22)17(23)21-19-20-15(18(24-2)25-19)13-6-4-3-5-7-13/h3-11H,1-2H3,(H,20,21,23). The predicted octanol–water partition coefficient (Wildman–Crippen LogP) is 4.66. The lowest BCUT2D eigenvalue weighted by Crippen LogP contribution is -2.22. The van der Waals surface area contributed by atoms with Crippen molar-refractivity contribution in [3.63, 3.8) is 0 Å². The molecule has 3 rings (SSSR count). The quantitative estimate of drug-likeness (QED) is 0.404. The van der Waals surface area contributed by atoms with Crippen molar-refractivity contribution in [1.82, 2.24) is 4.98 Å². The van der Waals surface area contributed by atoms with Gasteiger partial charge in [0.25, 0.3) is 11.7 Å². The number of amides is 1. The summed E-state index contributed by atoms with van der Waals surface area (Å²) in [6.07, 6.45) is 1.96. The van der Waals surface area contributed by atoms with Crippen molar-refractivity contribution in [2.75, 3.05) is 11.6 Å². The van der Waals surface area contributed by atoms with E-state index in [1.807, 2.05) is 55.6 Å². The van der Waals surface area contributed by atoms with Gasteiger partial charge in [0.05, 0.1) is 9.90 Å². The lowest BCUT2D eigenvalue weighted by Gasteiger charge is -2.01. The average Bonchev–Trinajstić information content (AvgIpc) is 3.05. The Kier molecular flexibility index (Phi) is 5.31. The van der Waals surface area contributed by atoms with E-state index in [2.05, 4.69) is 10.3 Å². The molecule has 126 valence electrons. The van der Waals surface area contributed by atoms with Crippen molar-refractivity contribution in [1.29, 1.82) is 0 Å². The Labute approximate surface area is 154 Å². The molecule has 0 bridgehead atoms. The average molecular weight is 368 g/mol. The second kappa shape index (κ2) is 7.63.